The van der Waals surface area contributed by atoms with Gasteiger partial charge in [-0.2, -0.15) is 0 Å². The third-order valence-electron chi connectivity index (χ3n) is 3.47. The van der Waals surface area contributed by atoms with Crippen molar-refractivity contribution >= 4 is 0 Å². The highest BCUT2D eigenvalue weighted by atomic mass is 15.2. The number of nitrogens with one attached hydrogen (secondary N) is 1. The topological polar surface area (TPSA) is 15.3 Å². The molecule has 2 nitrogen and oxygen atoms in total. The van der Waals surface area contributed by atoms with Crippen molar-refractivity contribution in [1.29, 1.82) is 0 Å². The van der Waals surface area contributed by atoms with E-state index in [0.29, 0.717) is 0 Å². The molecule has 1 aliphatic heterocycles. The molecule has 2 atom stereocenters. The number of hydrogen-bond acceptors (Lipinski definition) is 2. The van der Waals surface area contributed by atoms with Crippen LogP contribution in [0.15, 0.2) is 0 Å². The molecule has 0 radical (unpaired) electrons. The summed E-state index contributed by atoms with van der Waals surface area (Å²) in [6.07, 6.45) is 2.64. The van der Waals surface area contributed by atoms with Gasteiger partial charge in [-0.1, -0.05) is 27.2 Å². The van der Waals surface area contributed by atoms with Crippen LogP contribution in [0.5, 0.6) is 0 Å². The van der Waals surface area contributed by atoms with Crippen LogP contribution < -0.4 is 5.32 Å². The monoisotopic (exact) mass is 198 g/mol. The van der Waals surface area contributed by atoms with Gasteiger partial charge in [0.2, 0.25) is 0 Å². The van der Waals surface area contributed by atoms with Crippen LogP contribution in [0, 0.1) is 11.8 Å². The summed E-state index contributed by atoms with van der Waals surface area (Å²) in [7, 11) is 2.29. The Morgan fingerprint density at radius 3 is 2.29 bits per heavy atom. The van der Waals surface area contributed by atoms with Crippen molar-refractivity contribution in [2.24, 2.45) is 11.8 Å². The molecule has 0 saturated carbocycles. The normalized spacial score (nSPS) is 33.6. The molecule has 0 aliphatic carbocycles. The van der Waals surface area contributed by atoms with Crippen LogP contribution in [-0.4, -0.2) is 37.6 Å². The fraction of sp³-hybridized carbons (Fsp3) is 1.00. The average molecular weight is 198 g/mol. The quantitative estimate of drug-likeness (QED) is 0.743. The van der Waals surface area contributed by atoms with Crippen molar-refractivity contribution in [2.75, 3.05) is 26.7 Å². The minimum Gasteiger partial charge on any atom is -0.316 e. The lowest BCUT2D eigenvalue weighted by Gasteiger charge is -2.41. The predicted octanol–water partition coefficient (Wildman–Crippen LogP) is 1.96. The zero-order valence-electron chi connectivity index (χ0n) is 10.2. The summed E-state index contributed by atoms with van der Waals surface area (Å²) in [4.78, 5) is 2.57. The Bertz CT molecular complexity index is 148. The molecule has 1 heterocycles. The molecule has 0 aromatic heterocycles. The van der Waals surface area contributed by atoms with E-state index in [1.165, 1.54) is 32.5 Å². The second kappa shape index (κ2) is 5.72. The van der Waals surface area contributed by atoms with E-state index in [-0.39, 0.29) is 0 Å². The van der Waals surface area contributed by atoms with E-state index in [4.69, 9.17) is 0 Å². The van der Waals surface area contributed by atoms with Gasteiger partial charge in [-0.3, -0.25) is 0 Å². The van der Waals surface area contributed by atoms with Gasteiger partial charge in [0.25, 0.3) is 0 Å². The van der Waals surface area contributed by atoms with Gasteiger partial charge in [0.1, 0.15) is 0 Å². The molecule has 1 saturated heterocycles. The summed E-state index contributed by atoms with van der Waals surface area (Å²) >= 11 is 0. The Balaban J connectivity index is 2.45. The van der Waals surface area contributed by atoms with Gasteiger partial charge in [-0.15, -0.1) is 0 Å². The molecule has 0 bridgehead atoms. The second-order valence-corrected chi connectivity index (χ2v) is 4.94. The molecular weight excluding hydrogens is 172 g/mol. The van der Waals surface area contributed by atoms with Gasteiger partial charge in [-0.25, -0.2) is 0 Å². The maximum atomic E-state index is 3.50. The zero-order valence-corrected chi connectivity index (χ0v) is 10.2. The highest BCUT2D eigenvalue weighted by molar-refractivity contribution is 4.86. The van der Waals surface area contributed by atoms with Crippen LogP contribution in [0.3, 0.4) is 0 Å². The highest BCUT2D eigenvalue weighted by Gasteiger charge is 2.30. The fourth-order valence-electron chi connectivity index (χ4n) is 2.77. The first-order valence-electron chi connectivity index (χ1n) is 6.07. The molecular formula is C12H26N2. The maximum absolute atomic E-state index is 3.50. The molecule has 0 aromatic rings. The number of unbranched alkanes of at least 4 members (excludes halogenated alkanes) is 1. The van der Waals surface area contributed by atoms with Crippen molar-refractivity contribution in [3.63, 3.8) is 0 Å². The third-order valence-corrected chi connectivity index (χ3v) is 3.47. The van der Waals surface area contributed by atoms with Crippen LogP contribution in [0.4, 0.5) is 0 Å². The number of hydrogen-bond donors (Lipinski definition) is 1. The van der Waals surface area contributed by atoms with Crippen molar-refractivity contribution in [2.45, 2.75) is 39.7 Å². The number of rotatable bonds is 4. The van der Waals surface area contributed by atoms with E-state index < -0.39 is 0 Å². The SMILES string of the molecule is CCCCN(C)C1C(C)CNCC1C. The summed E-state index contributed by atoms with van der Waals surface area (Å²) in [5.41, 5.74) is 0. The van der Waals surface area contributed by atoms with Gasteiger partial charge in [-0.05, 0) is 44.9 Å². The lowest BCUT2D eigenvalue weighted by Crippen LogP contribution is -2.52. The lowest BCUT2D eigenvalue weighted by atomic mass is 9.86. The van der Waals surface area contributed by atoms with E-state index in [1.807, 2.05) is 0 Å². The highest BCUT2D eigenvalue weighted by Crippen LogP contribution is 2.21. The first-order chi connectivity index (χ1) is 6.66. The summed E-state index contributed by atoms with van der Waals surface area (Å²) in [5.74, 6) is 1.58. The summed E-state index contributed by atoms with van der Waals surface area (Å²) in [6.45, 7) is 10.6. The van der Waals surface area contributed by atoms with Crippen LogP contribution in [0.2, 0.25) is 0 Å². The molecule has 1 N–H and O–H groups in total. The minimum absolute atomic E-state index is 0.780. The van der Waals surface area contributed by atoms with E-state index in [2.05, 4.69) is 38.0 Å². The molecule has 2 heteroatoms. The average Bonchev–Trinajstić information content (AvgIpc) is 2.14. The molecule has 0 spiro atoms. The number of piperidine rings is 1. The Kier molecular flexibility index (Phi) is 4.90. The van der Waals surface area contributed by atoms with Crippen LogP contribution >= 0.6 is 0 Å². The van der Waals surface area contributed by atoms with Gasteiger partial charge in [0, 0.05) is 6.04 Å². The van der Waals surface area contributed by atoms with E-state index in [9.17, 15) is 0 Å². The van der Waals surface area contributed by atoms with Crippen molar-refractivity contribution in [3.8, 4) is 0 Å². The molecule has 2 unspecified atom stereocenters. The summed E-state index contributed by atoms with van der Waals surface area (Å²) in [6, 6.07) is 0.780. The Hall–Kier alpha value is -0.0800. The van der Waals surface area contributed by atoms with Crippen LogP contribution in [0.25, 0.3) is 0 Å². The Morgan fingerprint density at radius 2 is 1.79 bits per heavy atom. The predicted molar refractivity (Wildman–Crippen MR) is 62.5 cm³/mol. The van der Waals surface area contributed by atoms with Crippen LogP contribution in [-0.2, 0) is 0 Å². The van der Waals surface area contributed by atoms with E-state index in [0.717, 1.165) is 17.9 Å². The van der Waals surface area contributed by atoms with Gasteiger partial charge < -0.3 is 10.2 Å². The molecule has 1 aliphatic rings. The molecule has 84 valence electrons. The standard InChI is InChI=1S/C12H26N2/c1-5-6-7-14(4)12-10(2)8-13-9-11(12)3/h10-13H,5-9H2,1-4H3. The largest absolute Gasteiger partial charge is 0.316 e. The zero-order chi connectivity index (χ0) is 10.6. The maximum Gasteiger partial charge on any atom is 0.0168 e. The van der Waals surface area contributed by atoms with Gasteiger partial charge >= 0.3 is 0 Å². The third kappa shape index (κ3) is 2.96. The number of nitrogens with zero attached hydrogens (tertiary/aromatic N) is 1. The molecule has 14 heavy (non-hydrogen) atoms. The van der Waals surface area contributed by atoms with Gasteiger partial charge in [0.15, 0.2) is 0 Å². The van der Waals surface area contributed by atoms with Crippen molar-refractivity contribution < 1.29 is 0 Å². The summed E-state index contributed by atoms with van der Waals surface area (Å²) in [5, 5.41) is 3.50. The minimum atomic E-state index is 0.780. The van der Waals surface area contributed by atoms with Crippen molar-refractivity contribution in [3.05, 3.63) is 0 Å². The van der Waals surface area contributed by atoms with E-state index in [1.54, 1.807) is 0 Å². The van der Waals surface area contributed by atoms with E-state index >= 15 is 0 Å². The first-order valence-corrected chi connectivity index (χ1v) is 6.07. The van der Waals surface area contributed by atoms with Gasteiger partial charge in [0.05, 0.1) is 0 Å². The van der Waals surface area contributed by atoms with Crippen LogP contribution in [0.1, 0.15) is 33.6 Å². The molecule has 0 amide bonds. The fourth-order valence-corrected chi connectivity index (χ4v) is 2.77. The molecule has 1 rings (SSSR count). The second-order valence-electron chi connectivity index (χ2n) is 4.94. The smallest absolute Gasteiger partial charge is 0.0168 e. The molecule has 1 fully saturated rings. The Morgan fingerprint density at radius 1 is 1.21 bits per heavy atom. The molecule has 0 aromatic carbocycles. The Labute approximate surface area is 89.1 Å². The summed E-state index contributed by atoms with van der Waals surface area (Å²) < 4.78 is 0. The lowest BCUT2D eigenvalue weighted by molar-refractivity contribution is 0.101. The first kappa shape index (κ1) is 12.0. The van der Waals surface area contributed by atoms with Crippen molar-refractivity contribution in [1.82, 2.24) is 10.2 Å².